The highest BCUT2D eigenvalue weighted by atomic mass is 35.5. The Morgan fingerprint density at radius 1 is 1.25 bits per heavy atom. The lowest BCUT2D eigenvalue weighted by molar-refractivity contribution is -0.113. The second-order valence-electron chi connectivity index (χ2n) is 6.26. The summed E-state index contributed by atoms with van der Waals surface area (Å²) in [7, 11) is 0. The number of fused-ring (bicyclic) bond motifs is 3. The third kappa shape index (κ3) is 3.42. The molecule has 0 saturated carbocycles. The van der Waals surface area contributed by atoms with Gasteiger partial charge >= 0.3 is 0 Å². The molecule has 2 aromatic carbocycles. The normalized spacial score (nSPS) is 10.9. The van der Waals surface area contributed by atoms with Crippen molar-refractivity contribution >= 4 is 51.6 Å². The summed E-state index contributed by atoms with van der Waals surface area (Å²) in [6, 6.07) is 18.9. The summed E-state index contributed by atoms with van der Waals surface area (Å²) in [5.41, 5.74) is 4.38. The van der Waals surface area contributed by atoms with Gasteiger partial charge in [0.25, 0.3) is 0 Å². The number of aryl methyl sites for hydroxylation is 1. The number of hydrogen-bond donors (Lipinski definition) is 1. The molecule has 138 valence electrons. The number of amides is 1. The number of benzene rings is 2. The number of hydrogen-bond acceptors (Lipinski definition) is 4. The van der Waals surface area contributed by atoms with Crippen molar-refractivity contribution in [2.45, 2.75) is 11.9 Å². The van der Waals surface area contributed by atoms with Crippen LogP contribution in [0.2, 0.25) is 5.02 Å². The number of halogens is 1. The molecule has 1 N–H and O–H groups in total. The molecule has 0 aliphatic carbocycles. The van der Waals surface area contributed by atoms with Crippen LogP contribution < -0.4 is 5.32 Å². The number of imidazole rings is 1. The monoisotopic (exact) mass is 406 g/mol. The Balaban J connectivity index is 1.67. The zero-order chi connectivity index (χ0) is 19.7. The summed E-state index contributed by atoms with van der Waals surface area (Å²) in [6.45, 7) is 1.88. The third-order valence-corrected chi connectivity index (χ3v) is 5.55. The Morgan fingerprint density at radius 3 is 2.86 bits per heavy atom. The van der Waals surface area contributed by atoms with Crippen molar-refractivity contribution in [1.29, 1.82) is 5.26 Å². The molecule has 1 amide bonds. The van der Waals surface area contributed by atoms with E-state index in [1.54, 1.807) is 24.3 Å². The van der Waals surface area contributed by atoms with Crippen molar-refractivity contribution in [3.8, 4) is 6.07 Å². The van der Waals surface area contributed by atoms with E-state index >= 15 is 0 Å². The molecule has 0 saturated heterocycles. The molecule has 0 aliphatic rings. The van der Waals surface area contributed by atoms with Gasteiger partial charge in [-0.05, 0) is 48.9 Å². The number of nitrogens with one attached hydrogen (secondary N) is 1. The van der Waals surface area contributed by atoms with E-state index in [0.717, 1.165) is 21.6 Å². The van der Waals surface area contributed by atoms with E-state index in [4.69, 9.17) is 11.6 Å². The van der Waals surface area contributed by atoms with E-state index in [1.165, 1.54) is 11.8 Å². The van der Waals surface area contributed by atoms with Crippen LogP contribution in [0.5, 0.6) is 0 Å². The number of aromatic nitrogens is 2. The molecule has 5 nitrogen and oxygen atoms in total. The van der Waals surface area contributed by atoms with Crippen molar-refractivity contribution in [1.82, 2.24) is 9.38 Å². The Kier molecular flexibility index (Phi) is 4.95. The molecule has 0 spiro atoms. The standard InChI is InChI=1S/C21H15ClN4OS/c1-13-9-20(28-12-19(27)24-15-6-4-5-14(22)10-15)26-18-8-3-2-7-17(18)25-21(26)16(13)11-23/h2-10H,12H2,1H3,(H,24,27). The number of rotatable bonds is 4. The second-order valence-corrected chi connectivity index (χ2v) is 7.69. The number of carbonyl (C=O) groups excluding carboxylic acids is 1. The topological polar surface area (TPSA) is 70.2 Å². The van der Waals surface area contributed by atoms with Gasteiger partial charge in [-0.25, -0.2) is 4.98 Å². The molecule has 4 rings (SSSR count). The van der Waals surface area contributed by atoms with Gasteiger partial charge in [0, 0.05) is 10.7 Å². The van der Waals surface area contributed by atoms with E-state index in [9.17, 15) is 10.1 Å². The number of anilines is 1. The maximum atomic E-state index is 12.4. The van der Waals surface area contributed by atoms with Crippen LogP contribution >= 0.6 is 23.4 Å². The molecule has 2 heterocycles. The van der Waals surface area contributed by atoms with Gasteiger partial charge in [-0.1, -0.05) is 41.6 Å². The SMILES string of the molecule is Cc1cc(SCC(=O)Nc2cccc(Cl)c2)n2c(nc3ccccc32)c1C#N. The van der Waals surface area contributed by atoms with E-state index in [0.29, 0.717) is 21.9 Å². The molecular weight excluding hydrogens is 392 g/mol. The van der Waals surface area contributed by atoms with E-state index < -0.39 is 0 Å². The Bertz CT molecular complexity index is 1260. The third-order valence-electron chi connectivity index (χ3n) is 4.31. The van der Waals surface area contributed by atoms with Gasteiger partial charge in [-0.2, -0.15) is 5.26 Å². The van der Waals surface area contributed by atoms with Gasteiger partial charge in [0.1, 0.15) is 6.07 Å². The maximum Gasteiger partial charge on any atom is 0.234 e. The number of para-hydroxylation sites is 2. The first-order valence-electron chi connectivity index (χ1n) is 8.56. The van der Waals surface area contributed by atoms with Crippen molar-refractivity contribution in [3.05, 3.63) is 70.7 Å². The Labute approximate surface area is 170 Å². The van der Waals surface area contributed by atoms with Gasteiger partial charge in [0.2, 0.25) is 5.91 Å². The zero-order valence-electron chi connectivity index (χ0n) is 14.9. The van der Waals surface area contributed by atoms with Crippen LogP contribution in [0.1, 0.15) is 11.1 Å². The summed E-state index contributed by atoms with van der Waals surface area (Å²) in [5, 5.41) is 13.8. The average Bonchev–Trinajstić information content (AvgIpc) is 3.05. The fourth-order valence-electron chi connectivity index (χ4n) is 3.06. The van der Waals surface area contributed by atoms with Crippen molar-refractivity contribution in [2.24, 2.45) is 0 Å². The first-order chi connectivity index (χ1) is 13.6. The minimum atomic E-state index is -0.133. The van der Waals surface area contributed by atoms with Gasteiger partial charge in [-0.3, -0.25) is 9.20 Å². The molecule has 0 aliphatic heterocycles. The van der Waals surface area contributed by atoms with E-state index in [1.807, 2.05) is 41.7 Å². The lowest BCUT2D eigenvalue weighted by Crippen LogP contribution is -2.14. The number of nitriles is 1. The first-order valence-corrected chi connectivity index (χ1v) is 9.92. The summed E-state index contributed by atoms with van der Waals surface area (Å²) in [4.78, 5) is 17.0. The van der Waals surface area contributed by atoms with Crippen LogP contribution in [0.15, 0.2) is 59.6 Å². The second kappa shape index (κ2) is 7.55. The van der Waals surface area contributed by atoms with Crippen LogP contribution in [0.4, 0.5) is 5.69 Å². The lowest BCUT2D eigenvalue weighted by Gasteiger charge is -2.10. The zero-order valence-corrected chi connectivity index (χ0v) is 16.5. The van der Waals surface area contributed by atoms with Gasteiger partial charge in [-0.15, -0.1) is 0 Å². The van der Waals surface area contributed by atoms with Crippen LogP contribution in [0.25, 0.3) is 16.7 Å². The Hall–Kier alpha value is -3.01. The number of pyridine rings is 1. The highest BCUT2D eigenvalue weighted by Crippen LogP contribution is 2.29. The molecule has 2 aromatic heterocycles. The first kappa shape index (κ1) is 18.4. The molecule has 7 heteroatoms. The molecule has 28 heavy (non-hydrogen) atoms. The predicted octanol–water partition coefficient (Wildman–Crippen LogP) is 5.05. The molecule has 4 aromatic rings. The molecular formula is C21H15ClN4OS. The van der Waals surface area contributed by atoms with Gasteiger partial charge in [0.05, 0.1) is 27.4 Å². The van der Waals surface area contributed by atoms with Crippen molar-refractivity contribution in [3.63, 3.8) is 0 Å². The molecule has 0 atom stereocenters. The van der Waals surface area contributed by atoms with Crippen LogP contribution in [0.3, 0.4) is 0 Å². The minimum absolute atomic E-state index is 0.133. The van der Waals surface area contributed by atoms with E-state index in [2.05, 4.69) is 16.4 Å². The highest BCUT2D eigenvalue weighted by molar-refractivity contribution is 7.99. The number of thioether (sulfide) groups is 1. The summed E-state index contributed by atoms with van der Waals surface area (Å²) in [6.07, 6.45) is 0. The highest BCUT2D eigenvalue weighted by Gasteiger charge is 2.16. The number of carbonyl (C=O) groups is 1. The predicted molar refractivity (Wildman–Crippen MR) is 113 cm³/mol. The summed E-state index contributed by atoms with van der Waals surface area (Å²) in [5.74, 6) is 0.0891. The minimum Gasteiger partial charge on any atom is -0.325 e. The molecule has 0 unspecified atom stereocenters. The molecule has 0 radical (unpaired) electrons. The van der Waals surface area contributed by atoms with Gasteiger partial charge < -0.3 is 5.32 Å². The van der Waals surface area contributed by atoms with Gasteiger partial charge in [0.15, 0.2) is 5.65 Å². The quantitative estimate of drug-likeness (QED) is 0.481. The summed E-state index contributed by atoms with van der Waals surface area (Å²) >= 11 is 7.37. The van der Waals surface area contributed by atoms with Crippen molar-refractivity contribution in [2.75, 3.05) is 11.1 Å². The van der Waals surface area contributed by atoms with Crippen molar-refractivity contribution < 1.29 is 4.79 Å². The molecule has 0 fully saturated rings. The number of nitrogens with zero attached hydrogens (tertiary/aromatic N) is 3. The smallest absolute Gasteiger partial charge is 0.234 e. The van der Waals surface area contributed by atoms with Crippen LogP contribution in [0, 0.1) is 18.3 Å². The Morgan fingerprint density at radius 2 is 2.07 bits per heavy atom. The average molecular weight is 407 g/mol. The maximum absolute atomic E-state index is 12.4. The summed E-state index contributed by atoms with van der Waals surface area (Å²) < 4.78 is 1.94. The van der Waals surface area contributed by atoms with Crippen LogP contribution in [-0.2, 0) is 4.79 Å². The fraction of sp³-hybridized carbons (Fsp3) is 0.0952. The fourth-order valence-corrected chi connectivity index (χ4v) is 4.18. The lowest BCUT2D eigenvalue weighted by atomic mass is 10.2. The van der Waals surface area contributed by atoms with Crippen LogP contribution in [-0.4, -0.2) is 21.0 Å². The molecule has 0 bridgehead atoms. The van der Waals surface area contributed by atoms with E-state index in [-0.39, 0.29) is 11.7 Å². The largest absolute Gasteiger partial charge is 0.325 e.